The molecule has 1 aromatic heterocycles. The minimum Gasteiger partial charge on any atom is -0.489 e. The number of halogens is 1. The number of aromatic nitrogens is 1. The predicted octanol–water partition coefficient (Wildman–Crippen LogP) is 4.86. The van der Waals surface area contributed by atoms with Gasteiger partial charge in [0.2, 0.25) is 0 Å². The number of ether oxygens (including phenoxy) is 1. The molecule has 3 nitrogen and oxygen atoms in total. The molecule has 0 radical (unpaired) electrons. The third kappa shape index (κ3) is 3.43. The number of benzene rings is 2. The van der Waals surface area contributed by atoms with Crippen molar-refractivity contribution in [1.82, 2.24) is 4.98 Å². The molecule has 0 saturated carbocycles. The van der Waals surface area contributed by atoms with Crippen molar-refractivity contribution in [2.45, 2.75) is 26.4 Å². The third-order valence-electron chi connectivity index (χ3n) is 4.65. The van der Waals surface area contributed by atoms with E-state index in [1.165, 1.54) is 36.0 Å². The SMILES string of the molecule is Cc1cc(N2CCCC2)c2ccc(COc3ccc(F)cc3)cc2n1. The number of fused-ring (bicyclic) bond motifs is 1. The van der Waals surface area contributed by atoms with E-state index in [1.54, 1.807) is 12.1 Å². The van der Waals surface area contributed by atoms with Crippen molar-refractivity contribution in [3.8, 4) is 5.75 Å². The van der Waals surface area contributed by atoms with E-state index in [4.69, 9.17) is 9.72 Å². The first-order chi connectivity index (χ1) is 12.2. The van der Waals surface area contributed by atoms with Gasteiger partial charge in [-0.1, -0.05) is 12.1 Å². The molecule has 0 N–H and O–H groups in total. The van der Waals surface area contributed by atoms with Crippen LogP contribution in [0.1, 0.15) is 24.1 Å². The van der Waals surface area contributed by atoms with Gasteiger partial charge in [0.1, 0.15) is 18.2 Å². The minimum absolute atomic E-state index is 0.257. The fourth-order valence-corrected chi connectivity index (χ4v) is 3.39. The lowest BCUT2D eigenvalue weighted by molar-refractivity contribution is 0.306. The molecule has 25 heavy (non-hydrogen) atoms. The van der Waals surface area contributed by atoms with Gasteiger partial charge in [0.05, 0.1) is 5.52 Å². The average Bonchev–Trinajstić information content (AvgIpc) is 3.14. The van der Waals surface area contributed by atoms with Crippen LogP contribution in [0.4, 0.5) is 10.1 Å². The Labute approximate surface area is 147 Å². The maximum Gasteiger partial charge on any atom is 0.123 e. The van der Waals surface area contributed by atoms with Crippen molar-refractivity contribution < 1.29 is 9.13 Å². The average molecular weight is 336 g/mol. The highest BCUT2D eigenvalue weighted by atomic mass is 19.1. The molecule has 1 saturated heterocycles. The molecule has 1 aliphatic rings. The normalized spacial score (nSPS) is 14.2. The van der Waals surface area contributed by atoms with Gasteiger partial charge in [0.25, 0.3) is 0 Å². The number of anilines is 1. The predicted molar refractivity (Wildman–Crippen MR) is 98.7 cm³/mol. The van der Waals surface area contributed by atoms with Crippen molar-refractivity contribution in [1.29, 1.82) is 0 Å². The maximum absolute atomic E-state index is 13.0. The van der Waals surface area contributed by atoms with Crippen molar-refractivity contribution >= 4 is 16.6 Å². The van der Waals surface area contributed by atoms with Gasteiger partial charge in [-0.05, 0) is 61.7 Å². The Morgan fingerprint density at radius 3 is 2.56 bits per heavy atom. The molecular weight excluding hydrogens is 315 g/mol. The lowest BCUT2D eigenvalue weighted by Crippen LogP contribution is -2.18. The van der Waals surface area contributed by atoms with E-state index in [1.807, 2.05) is 6.92 Å². The second-order valence-electron chi connectivity index (χ2n) is 6.57. The summed E-state index contributed by atoms with van der Waals surface area (Å²) in [6.45, 7) is 4.72. The molecule has 0 unspecified atom stereocenters. The van der Waals surface area contributed by atoms with Gasteiger partial charge >= 0.3 is 0 Å². The number of hydrogen-bond donors (Lipinski definition) is 0. The summed E-state index contributed by atoms with van der Waals surface area (Å²) in [4.78, 5) is 7.15. The number of nitrogens with zero attached hydrogens (tertiary/aromatic N) is 2. The topological polar surface area (TPSA) is 25.4 Å². The van der Waals surface area contributed by atoms with Crippen LogP contribution < -0.4 is 9.64 Å². The number of rotatable bonds is 4. The number of pyridine rings is 1. The summed E-state index contributed by atoms with van der Waals surface area (Å²) in [5.74, 6) is 0.406. The summed E-state index contributed by atoms with van der Waals surface area (Å²) in [6.07, 6.45) is 2.51. The van der Waals surface area contributed by atoms with Gasteiger partial charge in [-0.15, -0.1) is 0 Å². The maximum atomic E-state index is 13.0. The zero-order valence-corrected chi connectivity index (χ0v) is 14.3. The zero-order valence-electron chi connectivity index (χ0n) is 14.3. The van der Waals surface area contributed by atoms with Crippen LogP contribution in [0, 0.1) is 12.7 Å². The molecule has 3 aromatic rings. The van der Waals surface area contributed by atoms with E-state index < -0.39 is 0 Å². The first-order valence-electron chi connectivity index (χ1n) is 8.73. The summed E-state index contributed by atoms with van der Waals surface area (Å²) in [6, 6.07) is 14.6. The van der Waals surface area contributed by atoms with Crippen LogP contribution in [-0.4, -0.2) is 18.1 Å². The zero-order chi connectivity index (χ0) is 17.2. The highest BCUT2D eigenvalue weighted by molar-refractivity contribution is 5.92. The van der Waals surface area contributed by atoms with Crippen molar-refractivity contribution in [3.05, 3.63) is 65.6 Å². The van der Waals surface area contributed by atoms with Crippen LogP contribution >= 0.6 is 0 Å². The fourth-order valence-electron chi connectivity index (χ4n) is 3.39. The molecule has 0 amide bonds. The van der Waals surface area contributed by atoms with E-state index in [2.05, 4.69) is 29.2 Å². The molecule has 128 valence electrons. The molecule has 1 aliphatic heterocycles. The molecule has 0 bridgehead atoms. The first-order valence-corrected chi connectivity index (χ1v) is 8.73. The van der Waals surface area contributed by atoms with E-state index >= 15 is 0 Å². The largest absolute Gasteiger partial charge is 0.489 e. The van der Waals surface area contributed by atoms with E-state index in [-0.39, 0.29) is 5.82 Å². The van der Waals surface area contributed by atoms with Gasteiger partial charge in [-0.25, -0.2) is 4.39 Å². The van der Waals surface area contributed by atoms with Crippen LogP contribution in [0.3, 0.4) is 0 Å². The van der Waals surface area contributed by atoms with Crippen molar-refractivity contribution in [3.63, 3.8) is 0 Å². The Balaban J connectivity index is 1.60. The first kappa shape index (κ1) is 15.9. The Morgan fingerprint density at radius 2 is 1.80 bits per heavy atom. The second-order valence-corrected chi connectivity index (χ2v) is 6.57. The fraction of sp³-hybridized carbons (Fsp3) is 0.286. The lowest BCUT2D eigenvalue weighted by atomic mass is 10.1. The Kier molecular flexibility index (Phi) is 4.26. The quantitative estimate of drug-likeness (QED) is 0.680. The molecule has 0 atom stereocenters. The summed E-state index contributed by atoms with van der Waals surface area (Å²) in [7, 11) is 0. The third-order valence-corrected chi connectivity index (χ3v) is 4.65. The van der Waals surface area contributed by atoms with Gasteiger partial charge in [-0.3, -0.25) is 4.98 Å². The van der Waals surface area contributed by atoms with Gasteiger partial charge in [-0.2, -0.15) is 0 Å². The molecule has 4 rings (SSSR count). The molecule has 2 aromatic carbocycles. The molecule has 0 aliphatic carbocycles. The van der Waals surface area contributed by atoms with Crippen LogP contribution in [0.2, 0.25) is 0 Å². The van der Waals surface area contributed by atoms with Crippen molar-refractivity contribution in [2.75, 3.05) is 18.0 Å². The number of hydrogen-bond acceptors (Lipinski definition) is 3. The van der Waals surface area contributed by atoms with Crippen LogP contribution in [0.5, 0.6) is 5.75 Å². The van der Waals surface area contributed by atoms with Crippen molar-refractivity contribution in [2.24, 2.45) is 0 Å². The summed E-state index contributed by atoms with van der Waals surface area (Å²) < 4.78 is 18.7. The van der Waals surface area contributed by atoms with Gasteiger partial charge in [0, 0.05) is 29.9 Å². The highest BCUT2D eigenvalue weighted by Crippen LogP contribution is 2.30. The molecule has 4 heteroatoms. The monoisotopic (exact) mass is 336 g/mol. The summed E-state index contributed by atoms with van der Waals surface area (Å²) in [5, 5.41) is 1.19. The van der Waals surface area contributed by atoms with Gasteiger partial charge < -0.3 is 9.64 Å². The molecule has 2 heterocycles. The lowest BCUT2D eigenvalue weighted by Gasteiger charge is -2.20. The molecule has 0 spiro atoms. The molecule has 1 fully saturated rings. The smallest absolute Gasteiger partial charge is 0.123 e. The Hall–Kier alpha value is -2.62. The molecular formula is C21H21FN2O. The second kappa shape index (κ2) is 6.71. The Bertz CT molecular complexity index is 886. The van der Waals surface area contributed by atoms with Crippen LogP contribution in [-0.2, 0) is 6.61 Å². The Morgan fingerprint density at radius 1 is 1.04 bits per heavy atom. The minimum atomic E-state index is -0.257. The van der Waals surface area contributed by atoms with E-state index in [0.717, 1.165) is 29.9 Å². The standard InChI is InChI=1S/C21H21FN2O/c1-15-12-21(24-10-2-3-11-24)19-9-4-16(13-20(19)23-15)14-25-18-7-5-17(22)6-8-18/h4-9,12-13H,2-3,10-11,14H2,1H3. The number of aryl methyl sites for hydroxylation is 1. The van der Waals surface area contributed by atoms with E-state index in [9.17, 15) is 4.39 Å². The van der Waals surface area contributed by atoms with Crippen LogP contribution in [0.15, 0.2) is 48.5 Å². The van der Waals surface area contributed by atoms with Crippen LogP contribution in [0.25, 0.3) is 10.9 Å². The van der Waals surface area contributed by atoms with E-state index in [0.29, 0.717) is 12.4 Å². The summed E-state index contributed by atoms with van der Waals surface area (Å²) >= 11 is 0. The summed E-state index contributed by atoms with van der Waals surface area (Å²) in [5.41, 5.74) is 4.38. The highest BCUT2D eigenvalue weighted by Gasteiger charge is 2.16. The van der Waals surface area contributed by atoms with Gasteiger partial charge in [0.15, 0.2) is 0 Å².